The molecule has 5 heteroatoms. The normalized spacial score (nSPS) is 10.2. The van der Waals surface area contributed by atoms with Crippen LogP contribution in [-0.2, 0) is 0 Å². The molecule has 0 radical (unpaired) electrons. The minimum atomic E-state index is -0.171. The van der Waals surface area contributed by atoms with Crippen molar-refractivity contribution < 1.29 is 9.53 Å². The van der Waals surface area contributed by atoms with Crippen LogP contribution in [0.1, 0.15) is 9.67 Å². The lowest BCUT2D eigenvalue weighted by molar-refractivity contribution is 0.103. The first-order valence-corrected chi connectivity index (χ1v) is 7.85. The first-order valence-electron chi connectivity index (χ1n) is 6.60. The molecule has 110 valence electrons. The van der Waals surface area contributed by atoms with E-state index in [2.05, 4.69) is 5.32 Å². The molecule has 0 unspecified atom stereocenters. The fourth-order valence-corrected chi connectivity index (χ4v) is 2.67. The maximum atomic E-state index is 12.2. The zero-order chi connectivity index (χ0) is 15.4. The number of anilines is 1. The van der Waals surface area contributed by atoms with Crippen molar-refractivity contribution in [2.45, 2.75) is 0 Å². The summed E-state index contributed by atoms with van der Waals surface area (Å²) in [5, 5.41) is 5.25. The van der Waals surface area contributed by atoms with Gasteiger partial charge in [-0.15, -0.1) is 11.3 Å². The zero-order valence-electron chi connectivity index (χ0n) is 11.5. The molecular formula is C17H12ClNO2S. The van der Waals surface area contributed by atoms with E-state index >= 15 is 0 Å². The fraction of sp³-hybridized carbons (Fsp3) is 0. The summed E-state index contributed by atoms with van der Waals surface area (Å²) in [6.45, 7) is 0. The van der Waals surface area contributed by atoms with E-state index in [4.69, 9.17) is 16.3 Å². The number of hydrogen-bond acceptors (Lipinski definition) is 3. The molecule has 0 saturated carbocycles. The van der Waals surface area contributed by atoms with Crippen LogP contribution < -0.4 is 10.1 Å². The van der Waals surface area contributed by atoms with Gasteiger partial charge in [-0.05, 0) is 35.7 Å². The Bertz CT molecular complexity index is 773. The number of benzene rings is 2. The number of ether oxygens (including phenoxy) is 1. The van der Waals surface area contributed by atoms with Gasteiger partial charge in [-0.25, -0.2) is 0 Å². The van der Waals surface area contributed by atoms with Crippen LogP contribution >= 0.6 is 22.9 Å². The van der Waals surface area contributed by atoms with Crippen molar-refractivity contribution in [2.75, 3.05) is 5.32 Å². The minimum absolute atomic E-state index is 0.171. The predicted octanol–water partition coefficient (Wildman–Crippen LogP) is 5.45. The second kappa shape index (κ2) is 6.64. The maximum Gasteiger partial charge on any atom is 0.265 e. The average Bonchev–Trinajstić information content (AvgIpc) is 3.05. The molecule has 0 aliphatic heterocycles. The van der Waals surface area contributed by atoms with Crippen molar-refractivity contribution in [2.24, 2.45) is 0 Å². The molecular weight excluding hydrogens is 318 g/mol. The third-order valence-electron chi connectivity index (χ3n) is 2.91. The summed E-state index contributed by atoms with van der Waals surface area (Å²) in [6.07, 6.45) is 0. The van der Waals surface area contributed by atoms with Gasteiger partial charge < -0.3 is 10.1 Å². The van der Waals surface area contributed by atoms with Crippen molar-refractivity contribution in [3.05, 3.63) is 75.9 Å². The van der Waals surface area contributed by atoms with Crippen LogP contribution in [0.4, 0.5) is 5.69 Å². The topological polar surface area (TPSA) is 38.3 Å². The molecule has 1 amide bonds. The molecule has 22 heavy (non-hydrogen) atoms. The van der Waals surface area contributed by atoms with Crippen LogP contribution in [0, 0.1) is 0 Å². The van der Waals surface area contributed by atoms with Gasteiger partial charge in [0.25, 0.3) is 5.91 Å². The number of halogens is 1. The Hall–Kier alpha value is -2.30. The van der Waals surface area contributed by atoms with E-state index in [9.17, 15) is 4.79 Å². The van der Waals surface area contributed by atoms with Gasteiger partial charge in [0.05, 0.1) is 10.6 Å². The fourth-order valence-electron chi connectivity index (χ4n) is 1.89. The molecule has 0 aliphatic rings. The van der Waals surface area contributed by atoms with Crippen molar-refractivity contribution in [3.8, 4) is 11.5 Å². The average molecular weight is 330 g/mol. The van der Waals surface area contributed by atoms with E-state index < -0.39 is 0 Å². The Kier molecular flexibility index (Phi) is 4.42. The number of nitrogens with one attached hydrogen (secondary N) is 1. The van der Waals surface area contributed by atoms with E-state index in [-0.39, 0.29) is 5.91 Å². The van der Waals surface area contributed by atoms with E-state index in [1.54, 1.807) is 24.3 Å². The molecule has 0 fully saturated rings. The van der Waals surface area contributed by atoms with Crippen molar-refractivity contribution in [1.82, 2.24) is 0 Å². The summed E-state index contributed by atoms with van der Waals surface area (Å²) in [5.41, 5.74) is 0.576. The first kappa shape index (κ1) is 14.6. The van der Waals surface area contributed by atoms with Crippen LogP contribution in [-0.4, -0.2) is 5.91 Å². The summed E-state index contributed by atoms with van der Waals surface area (Å²) in [6, 6.07) is 18.1. The molecule has 0 atom stereocenters. The maximum absolute atomic E-state index is 12.2. The molecule has 1 heterocycles. The second-order valence-corrected chi connectivity index (χ2v) is 5.87. The van der Waals surface area contributed by atoms with Gasteiger partial charge >= 0.3 is 0 Å². The van der Waals surface area contributed by atoms with Gasteiger partial charge in [-0.1, -0.05) is 35.9 Å². The van der Waals surface area contributed by atoms with Gasteiger partial charge in [0.1, 0.15) is 5.75 Å². The van der Waals surface area contributed by atoms with Gasteiger partial charge in [0, 0.05) is 11.1 Å². The van der Waals surface area contributed by atoms with Crippen LogP contribution in [0.5, 0.6) is 11.5 Å². The van der Waals surface area contributed by atoms with Crippen LogP contribution in [0.2, 0.25) is 5.02 Å². The number of carbonyl (C=O) groups excluding carboxylic acids is 1. The van der Waals surface area contributed by atoms with Crippen molar-refractivity contribution >= 4 is 34.5 Å². The highest BCUT2D eigenvalue weighted by Gasteiger charge is 2.12. The second-order valence-electron chi connectivity index (χ2n) is 4.49. The standard InChI is InChI=1S/C17H12ClNO2S/c18-12-8-9-14(19-17(20)16-7-4-10-22-16)15(11-12)21-13-5-2-1-3-6-13/h1-11H,(H,19,20). The molecule has 1 aromatic heterocycles. The number of hydrogen-bond donors (Lipinski definition) is 1. The summed E-state index contributed by atoms with van der Waals surface area (Å²) in [5.74, 6) is 1.01. The van der Waals surface area contributed by atoms with E-state index in [0.29, 0.717) is 27.1 Å². The Morgan fingerprint density at radius 2 is 1.86 bits per heavy atom. The summed E-state index contributed by atoms with van der Waals surface area (Å²) in [4.78, 5) is 12.8. The van der Waals surface area contributed by atoms with E-state index in [1.165, 1.54) is 11.3 Å². The summed E-state index contributed by atoms with van der Waals surface area (Å²) < 4.78 is 5.81. The Morgan fingerprint density at radius 3 is 2.59 bits per heavy atom. The van der Waals surface area contributed by atoms with Crippen LogP contribution in [0.3, 0.4) is 0 Å². The molecule has 0 aliphatic carbocycles. The number of amides is 1. The molecule has 0 bridgehead atoms. The van der Waals surface area contributed by atoms with Gasteiger partial charge in [-0.2, -0.15) is 0 Å². The number of carbonyl (C=O) groups is 1. The predicted molar refractivity (Wildman–Crippen MR) is 90.2 cm³/mol. The van der Waals surface area contributed by atoms with Crippen molar-refractivity contribution in [3.63, 3.8) is 0 Å². The highest BCUT2D eigenvalue weighted by molar-refractivity contribution is 7.12. The highest BCUT2D eigenvalue weighted by atomic mass is 35.5. The Morgan fingerprint density at radius 1 is 1.05 bits per heavy atom. The summed E-state index contributed by atoms with van der Waals surface area (Å²) in [7, 11) is 0. The zero-order valence-corrected chi connectivity index (χ0v) is 13.0. The lowest BCUT2D eigenvalue weighted by atomic mass is 10.2. The lowest BCUT2D eigenvalue weighted by Crippen LogP contribution is -2.10. The molecule has 3 rings (SSSR count). The molecule has 0 spiro atoms. The van der Waals surface area contributed by atoms with Gasteiger partial charge in [-0.3, -0.25) is 4.79 Å². The lowest BCUT2D eigenvalue weighted by Gasteiger charge is -2.12. The summed E-state index contributed by atoms with van der Waals surface area (Å²) >= 11 is 7.41. The number of para-hydroxylation sites is 1. The molecule has 1 N–H and O–H groups in total. The first-order chi connectivity index (χ1) is 10.7. The van der Waals surface area contributed by atoms with E-state index in [0.717, 1.165) is 0 Å². The third kappa shape index (κ3) is 3.47. The van der Waals surface area contributed by atoms with Crippen LogP contribution in [0.15, 0.2) is 66.0 Å². The largest absolute Gasteiger partial charge is 0.455 e. The molecule has 2 aromatic carbocycles. The smallest absolute Gasteiger partial charge is 0.265 e. The minimum Gasteiger partial charge on any atom is -0.455 e. The quantitative estimate of drug-likeness (QED) is 0.691. The van der Waals surface area contributed by atoms with Gasteiger partial charge in [0.15, 0.2) is 5.75 Å². The molecule has 3 nitrogen and oxygen atoms in total. The van der Waals surface area contributed by atoms with E-state index in [1.807, 2.05) is 41.8 Å². The van der Waals surface area contributed by atoms with Gasteiger partial charge in [0.2, 0.25) is 0 Å². The Balaban J connectivity index is 1.86. The Labute approximate surface area is 137 Å². The molecule has 3 aromatic rings. The monoisotopic (exact) mass is 329 g/mol. The van der Waals surface area contributed by atoms with Crippen molar-refractivity contribution in [1.29, 1.82) is 0 Å². The number of thiophene rings is 1. The number of rotatable bonds is 4. The van der Waals surface area contributed by atoms with Crippen LogP contribution in [0.25, 0.3) is 0 Å². The highest BCUT2D eigenvalue weighted by Crippen LogP contribution is 2.32. The molecule has 0 saturated heterocycles. The SMILES string of the molecule is O=C(Nc1ccc(Cl)cc1Oc1ccccc1)c1cccs1. The third-order valence-corrected chi connectivity index (χ3v) is 4.01.